The molecule has 0 unspecified atom stereocenters. The van der Waals surface area contributed by atoms with Gasteiger partial charge in [-0.25, -0.2) is 8.78 Å². The van der Waals surface area contributed by atoms with Gasteiger partial charge in [0.1, 0.15) is 0 Å². The summed E-state index contributed by atoms with van der Waals surface area (Å²) in [4.78, 5) is 0. The Balaban J connectivity index is 2.60. The highest BCUT2D eigenvalue weighted by molar-refractivity contribution is 5.53. The van der Waals surface area contributed by atoms with Gasteiger partial charge in [-0.05, 0) is 25.0 Å². The number of ether oxygens (including phenoxy) is 2. The number of alkyl halides is 2. The van der Waals surface area contributed by atoms with Crippen LogP contribution in [0.4, 0.5) is 8.78 Å². The van der Waals surface area contributed by atoms with Crippen LogP contribution in [0.15, 0.2) is 12.1 Å². The van der Waals surface area contributed by atoms with Crippen LogP contribution in [0.5, 0.6) is 11.5 Å². The summed E-state index contributed by atoms with van der Waals surface area (Å²) in [5.74, 6) is 0.887. The van der Waals surface area contributed by atoms with E-state index in [0.717, 1.165) is 37.7 Å². The van der Waals surface area contributed by atoms with Crippen LogP contribution in [0.1, 0.15) is 49.7 Å². The summed E-state index contributed by atoms with van der Waals surface area (Å²) < 4.78 is 37.0. The van der Waals surface area contributed by atoms with Crippen molar-refractivity contribution < 1.29 is 18.3 Å². The fourth-order valence-corrected chi connectivity index (χ4v) is 3.32. The van der Waals surface area contributed by atoms with Crippen LogP contribution < -0.4 is 15.2 Å². The van der Waals surface area contributed by atoms with Crippen LogP contribution in [0, 0.1) is 0 Å². The molecule has 1 aliphatic carbocycles. The van der Waals surface area contributed by atoms with E-state index in [0.29, 0.717) is 18.0 Å². The molecule has 0 saturated heterocycles. The van der Waals surface area contributed by atoms with E-state index in [1.165, 1.54) is 20.3 Å². The minimum Gasteiger partial charge on any atom is -0.493 e. The number of benzene rings is 1. The third-order valence-corrected chi connectivity index (χ3v) is 4.53. The summed E-state index contributed by atoms with van der Waals surface area (Å²) in [6.07, 6.45) is 2.53. The van der Waals surface area contributed by atoms with Crippen molar-refractivity contribution in [3.8, 4) is 11.5 Å². The highest BCUT2D eigenvalue weighted by atomic mass is 19.3. The maximum absolute atomic E-state index is 13.2. The van der Waals surface area contributed by atoms with E-state index >= 15 is 0 Å². The molecule has 2 rings (SSSR count). The van der Waals surface area contributed by atoms with E-state index < -0.39 is 6.43 Å². The largest absolute Gasteiger partial charge is 0.493 e. The third-order valence-electron chi connectivity index (χ3n) is 4.53. The molecule has 1 aromatic rings. The number of hydrogen-bond donors (Lipinski definition) is 1. The average molecular weight is 299 g/mol. The molecule has 1 aliphatic rings. The molecule has 2 N–H and O–H groups in total. The molecule has 0 radical (unpaired) electrons. The number of rotatable bonds is 5. The van der Waals surface area contributed by atoms with Gasteiger partial charge in [-0.2, -0.15) is 0 Å². The van der Waals surface area contributed by atoms with E-state index in [2.05, 4.69) is 0 Å². The second kappa shape index (κ2) is 6.60. The topological polar surface area (TPSA) is 44.5 Å². The summed E-state index contributed by atoms with van der Waals surface area (Å²) in [5.41, 5.74) is 6.46. The average Bonchev–Trinajstić information content (AvgIpc) is 2.53. The van der Waals surface area contributed by atoms with Crippen LogP contribution >= 0.6 is 0 Å². The molecular formula is C16H23F2NO2. The van der Waals surface area contributed by atoms with Crippen molar-refractivity contribution in [1.82, 2.24) is 0 Å². The Morgan fingerprint density at radius 2 is 1.81 bits per heavy atom. The molecule has 21 heavy (non-hydrogen) atoms. The lowest BCUT2D eigenvalue weighted by atomic mass is 9.69. The van der Waals surface area contributed by atoms with Crippen molar-refractivity contribution in [3.63, 3.8) is 0 Å². The number of hydrogen-bond acceptors (Lipinski definition) is 3. The molecule has 3 nitrogen and oxygen atoms in total. The Bertz CT molecular complexity index is 485. The molecule has 0 spiro atoms. The highest BCUT2D eigenvalue weighted by Gasteiger charge is 2.37. The Morgan fingerprint density at radius 3 is 2.29 bits per heavy atom. The van der Waals surface area contributed by atoms with Crippen LogP contribution in [-0.4, -0.2) is 20.8 Å². The number of nitrogens with two attached hydrogens (primary N) is 1. The first-order valence-corrected chi connectivity index (χ1v) is 7.32. The summed E-state index contributed by atoms with van der Waals surface area (Å²) in [7, 11) is 3.00. The predicted molar refractivity (Wildman–Crippen MR) is 78.3 cm³/mol. The van der Waals surface area contributed by atoms with Gasteiger partial charge in [-0.1, -0.05) is 19.3 Å². The lowest BCUT2D eigenvalue weighted by Gasteiger charge is -2.38. The van der Waals surface area contributed by atoms with Crippen molar-refractivity contribution in [2.24, 2.45) is 5.73 Å². The monoisotopic (exact) mass is 299 g/mol. The summed E-state index contributed by atoms with van der Waals surface area (Å²) in [6.45, 7) is 0.430. The van der Waals surface area contributed by atoms with Crippen LogP contribution in [0.2, 0.25) is 0 Å². The molecule has 0 heterocycles. The molecule has 1 aromatic carbocycles. The smallest absolute Gasteiger partial charge is 0.263 e. The standard InChI is InChI=1S/C16H23F2NO2/c1-20-13-9-11(15(17)18)8-12(14(13)21-2)16(10-19)6-4-3-5-7-16/h8-9,15H,3-7,10,19H2,1-2H3. The summed E-state index contributed by atoms with van der Waals surface area (Å²) in [6, 6.07) is 2.89. The Morgan fingerprint density at radius 1 is 1.14 bits per heavy atom. The first kappa shape index (κ1) is 16.0. The van der Waals surface area contributed by atoms with Crippen LogP contribution in [0.3, 0.4) is 0 Å². The molecule has 0 aromatic heterocycles. The predicted octanol–water partition coefficient (Wildman–Crippen LogP) is 3.80. The molecule has 0 amide bonds. The Hall–Kier alpha value is -1.36. The molecule has 0 bridgehead atoms. The minimum absolute atomic E-state index is 0.0407. The van der Waals surface area contributed by atoms with Gasteiger partial charge in [-0.3, -0.25) is 0 Å². The van der Waals surface area contributed by atoms with Gasteiger partial charge in [0, 0.05) is 23.1 Å². The third kappa shape index (κ3) is 2.98. The molecule has 1 fully saturated rings. The molecule has 0 aliphatic heterocycles. The van der Waals surface area contributed by atoms with E-state index in [1.54, 1.807) is 6.07 Å². The van der Waals surface area contributed by atoms with E-state index in [-0.39, 0.29) is 11.0 Å². The Labute approximate surface area is 124 Å². The van der Waals surface area contributed by atoms with Gasteiger partial charge in [0.25, 0.3) is 6.43 Å². The highest BCUT2D eigenvalue weighted by Crippen LogP contribution is 2.47. The van der Waals surface area contributed by atoms with Gasteiger partial charge in [0.05, 0.1) is 14.2 Å². The van der Waals surface area contributed by atoms with Gasteiger partial charge in [0.15, 0.2) is 11.5 Å². The second-order valence-electron chi connectivity index (χ2n) is 5.65. The molecule has 5 heteroatoms. The fourth-order valence-electron chi connectivity index (χ4n) is 3.32. The minimum atomic E-state index is -2.54. The normalized spacial score (nSPS) is 17.8. The summed E-state index contributed by atoms with van der Waals surface area (Å²) >= 11 is 0. The first-order valence-electron chi connectivity index (χ1n) is 7.32. The maximum Gasteiger partial charge on any atom is 0.263 e. The summed E-state index contributed by atoms with van der Waals surface area (Å²) in [5, 5.41) is 0. The fraction of sp³-hybridized carbons (Fsp3) is 0.625. The molecule has 0 atom stereocenters. The Kier molecular flexibility index (Phi) is 5.04. The van der Waals surface area contributed by atoms with Crippen molar-refractivity contribution in [2.75, 3.05) is 20.8 Å². The lowest BCUT2D eigenvalue weighted by molar-refractivity contribution is 0.150. The van der Waals surface area contributed by atoms with Crippen molar-refractivity contribution in [1.29, 1.82) is 0 Å². The quantitative estimate of drug-likeness (QED) is 0.899. The SMILES string of the molecule is COc1cc(C(F)F)cc(C2(CN)CCCCC2)c1OC. The van der Waals surface area contributed by atoms with E-state index in [1.807, 2.05) is 0 Å². The molecular weight excluding hydrogens is 276 g/mol. The van der Waals surface area contributed by atoms with Crippen LogP contribution in [-0.2, 0) is 5.41 Å². The van der Waals surface area contributed by atoms with Crippen molar-refractivity contribution in [3.05, 3.63) is 23.3 Å². The zero-order valence-electron chi connectivity index (χ0n) is 12.6. The first-order chi connectivity index (χ1) is 10.1. The lowest BCUT2D eigenvalue weighted by Crippen LogP contribution is -2.37. The number of methoxy groups -OCH3 is 2. The zero-order chi connectivity index (χ0) is 15.5. The van der Waals surface area contributed by atoms with Gasteiger partial charge >= 0.3 is 0 Å². The van der Waals surface area contributed by atoms with Crippen molar-refractivity contribution >= 4 is 0 Å². The van der Waals surface area contributed by atoms with E-state index in [9.17, 15) is 8.78 Å². The van der Waals surface area contributed by atoms with Gasteiger partial charge < -0.3 is 15.2 Å². The molecule has 118 valence electrons. The van der Waals surface area contributed by atoms with Crippen molar-refractivity contribution in [2.45, 2.75) is 43.9 Å². The van der Waals surface area contributed by atoms with Gasteiger partial charge in [0.2, 0.25) is 0 Å². The van der Waals surface area contributed by atoms with Gasteiger partial charge in [-0.15, -0.1) is 0 Å². The zero-order valence-corrected chi connectivity index (χ0v) is 12.6. The van der Waals surface area contributed by atoms with E-state index in [4.69, 9.17) is 15.2 Å². The molecule has 1 saturated carbocycles. The van der Waals surface area contributed by atoms with Crippen LogP contribution in [0.25, 0.3) is 0 Å². The maximum atomic E-state index is 13.2. The second-order valence-corrected chi connectivity index (χ2v) is 5.65. The number of halogens is 2.